The molecule has 0 aliphatic heterocycles. The average molecular weight is 183 g/mol. The second kappa shape index (κ2) is 9.60. The maximum Gasteiger partial charge on any atom is 0.0552 e. The van der Waals surface area contributed by atoms with Crippen molar-refractivity contribution in [2.75, 3.05) is 31.1 Å². The second-order valence-electron chi connectivity index (χ2n) is 2.00. The van der Waals surface area contributed by atoms with E-state index in [1.165, 1.54) is 12.2 Å². The molecule has 0 aliphatic carbocycles. The van der Waals surface area contributed by atoms with Gasteiger partial charge < -0.3 is 4.74 Å². The van der Waals surface area contributed by atoms with Gasteiger partial charge in [0, 0.05) is 18.7 Å². The van der Waals surface area contributed by atoms with Gasteiger partial charge in [-0.15, -0.1) is 11.6 Å². The van der Waals surface area contributed by atoms with Crippen LogP contribution in [0.3, 0.4) is 0 Å². The van der Waals surface area contributed by atoms with Gasteiger partial charge in [0.25, 0.3) is 0 Å². The van der Waals surface area contributed by atoms with Crippen molar-refractivity contribution in [3.63, 3.8) is 0 Å². The van der Waals surface area contributed by atoms with Crippen LogP contribution in [0.25, 0.3) is 0 Å². The molecule has 0 atom stereocenters. The van der Waals surface area contributed by atoms with E-state index < -0.39 is 0 Å². The smallest absolute Gasteiger partial charge is 0.0552 e. The van der Waals surface area contributed by atoms with E-state index in [9.17, 15) is 0 Å². The van der Waals surface area contributed by atoms with E-state index in [-0.39, 0.29) is 0 Å². The summed E-state index contributed by atoms with van der Waals surface area (Å²) < 4.78 is 4.90. The highest BCUT2D eigenvalue weighted by Gasteiger charge is 1.88. The highest BCUT2D eigenvalue weighted by molar-refractivity contribution is 7.99. The number of methoxy groups -OCH3 is 1. The summed E-state index contributed by atoms with van der Waals surface area (Å²) in [7, 11) is 1.74. The molecule has 0 saturated carbocycles. The van der Waals surface area contributed by atoms with Gasteiger partial charge in [-0.3, -0.25) is 0 Å². The summed E-state index contributed by atoms with van der Waals surface area (Å²) in [4.78, 5) is 0. The van der Waals surface area contributed by atoms with Gasteiger partial charge in [-0.1, -0.05) is 0 Å². The normalized spacial score (nSPS) is 10.2. The van der Waals surface area contributed by atoms with Crippen molar-refractivity contribution >= 4 is 23.4 Å². The fourth-order valence-corrected chi connectivity index (χ4v) is 1.63. The van der Waals surface area contributed by atoms with Crippen LogP contribution in [0.5, 0.6) is 0 Å². The average Bonchev–Trinajstić information content (AvgIpc) is 1.97. The Bertz CT molecular complexity index is 53.6. The highest BCUT2D eigenvalue weighted by atomic mass is 35.5. The van der Waals surface area contributed by atoms with Gasteiger partial charge in [-0.25, -0.2) is 0 Å². The van der Waals surface area contributed by atoms with Crippen LogP contribution in [0, 0.1) is 0 Å². The molecule has 0 aromatic heterocycles. The maximum absolute atomic E-state index is 5.51. The number of hydrogen-bond acceptors (Lipinski definition) is 2. The van der Waals surface area contributed by atoms with Crippen LogP contribution >= 0.6 is 23.4 Å². The molecule has 0 unspecified atom stereocenters. The Morgan fingerprint density at radius 2 is 2.10 bits per heavy atom. The van der Waals surface area contributed by atoms with Crippen molar-refractivity contribution in [3.05, 3.63) is 0 Å². The Labute approximate surface area is 72.5 Å². The summed E-state index contributed by atoms with van der Waals surface area (Å²) in [6.07, 6.45) is 2.37. The number of thioether (sulfide) groups is 1. The van der Waals surface area contributed by atoms with Gasteiger partial charge in [-0.05, 0) is 18.6 Å². The molecular formula is C7H15ClOS. The summed E-state index contributed by atoms with van der Waals surface area (Å²) in [5, 5.41) is 0. The lowest BCUT2D eigenvalue weighted by Gasteiger charge is -1.98. The van der Waals surface area contributed by atoms with Crippen LogP contribution in [0.1, 0.15) is 12.8 Å². The molecule has 0 saturated heterocycles. The largest absolute Gasteiger partial charge is 0.384 e. The standard InChI is InChI=1S/C7H15ClOS/c1-9-5-7-10-6-3-2-4-8/h2-7H2,1H3. The number of unbranched alkanes of at least 4 members (excludes halogenated alkanes) is 1. The van der Waals surface area contributed by atoms with Crippen molar-refractivity contribution in [3.8, 4) is 0 Å². The van der Waals surface area contributed by atoms with Gasteiger partial charge in [0.05, 0.1) is 6.61 Å². The molecule has 0 aromatic carbocycles. The molecule has 1 nitrogen and oxygen atoms in total. The molecule has 62 valence electrons. The number of ether oxygens (including phenoxy) is 1. The summed E-state index contributed by atoms with van der Waals surface area (Å²) in [6, 6.07) is 0. The minimum absolute atomic E-state index is 0.796. The quantitative estimate of drug-likeness (QED) is 0.442. The fraction of sp³-hybridized carbons (Fsp3) is 1.00. The van der Waals surface area contributed by atoms with Crippen molar-refractivity contribution in [2.24, 2.45) is 0 Å². The lowest BCUT2D eigenvalue weighted by Crippen LogP contribution is -1.92. The number of halogens is 1. The first-order valence-corrected chi connectivity index (χ1v) is 5.23. The van der Waals surface area contributed by atoms with Crippen LogP contribution in [-0.2, 0) is 4.74 Å². The molecule has 10 heavy (non-hydrogen) atoms. The van der Waals surface area contributed by atoms with Crippen molar-refractivity contribution in [1.29, 1.82) is 0 Å². The third-order valence-corrected chi connectivity index (χ3v) is 2.40. The molecule has 0 bridgehead atoms. The van der Waals surface area contributed by atoms with Crippen LogP contribution in [-0.4, -0.2) is 31.1 Å². The Kier molecular flexibility index (Phi) is 10.2. The van der Waals surface area contributed by atoms with Crippen LogP contribution < -0.4 is 0 Å². The Hall–Kier alpha value is 0.600. The molecule has 3 heteroatoms. The molecule has 0 aromatic rings. The molecule has 0 heterocycles. The molecule has 0 radical (unpaired) electrons. The molecule has 0 amide bonds. The van der Waals surface area contributed by atoms with Gasteiger partial charge in [0.15, 0.2) is 0 Å². The molecule has 0 fully saturated rings. The lowest BCUT2D eigenvalue weighted by atomic mass is 10.4. The summed E-state index contributed by atoms with van der Waals surface area (Å²) in [5.74, 6) is 3.12. The third-order valence-electron chi connectivity index (χ3n) is 1.10. The lowest BCUT2D eigenvalue weighted by molar-refractivity contribution is 0.218. The van der Waals surface area contributed by atoms with Crippen molar-refractivity contribution < 1.29 is 4.74 Å². The molecule has 0 aliphatic rings. The molecule has 0 N–H and O–H groups in total. The number of rotatable bonds is 7. The monoisotopic (exact) mass is 182 g/mol. The predicted molar refractivity (Wildman–Crippen MR) is 49.2 cm³/mol. The van der Waals surface area contributed by atoms with E-state index in [0.29, 0.717) is 0 Å². The highest BCUT2D eigenvalue weighted by Crippen LogP contribution is 2.04. The SMILES string of the molecule is COCCSCCCCCl. The Balaban J connectivity index is 2.65. The van der Waals surface area contributed by atoms with Crippen LogP contribution in [0.15, 0.2) is 0 Å². The van der Waals surface area contributed by atoms with Gasteiger partial charge in [0.1, 0.15) is 0 Å². The first-order valence-electron chi connectivity index (χ1n) is 3.54. The fourth-order valence-electron chi connectivity index (χ4n) is 0.543. The van der Waals surface area contributed by atoms with E-state index in [1.807, 2.05) is 11.8 Å². The minimum atomic E-state index is 0.796. The zero-order chi connectivity index (χ0) is 7.66. The summed E-state index contributed by atoms with van der Waals surface area (Å²) in [5.41, 5.74) is 0. The number of alkyl halides is 1. The molecular weight excluding hydrogens is 168 g/mol. The van der Waals surface area contributed by atoms with Crippen LogP contribution in [0.4, 0.5) is 0 Å². The molecule has 0 rings (SSSR count). The number of hydrogen-bond donors (Lipinski definition) is 0. The maximum atomic E-state index is 5.51. The van der Waals surface area contributed by atoms with Crippen molar-refractivity contribution in [2.45, 2.75) is 12.8 Å². The van der Waals surface area contributed by atoms with Gasteiger partial charge >= 0.3 is 0 Å². The first kappa shape index (κ1) is 10.6. The first-order chi connectivity index (χ1) is 4.91. The summed E-state index contributed by atoms with van der Waals surface area (Å²) >= 11 is 7.44. The van der Waals surface area contributed by atoms with Gasteiger partial charge in [0.2, 0.25) is 0 Å². The van der Waals surface area contributed by atoms with E-state index in [4.69, 9.17) is 16.3 Å². The van der Waals surface area contributed by atoms with E-state index in [2.05, 4.69) is 0 Å². The van der Waals surface area contributed by atoms with Crippen LogP contribution in [0.2, 0.25) is 0 Å². The zero-order valence-electron chi connectivity index (χ0n) is 6.44. The minimum Gasteiger partial charge on any atom is -0.384 e. The third kappa shape index (κ3) is 8.60. The predicted octanol–water partition coefficient (Wildman–Crippen LogP) is 2.39. The molecule has 0 spiro atoms. The van der Waals surface area contributed by atoms with Gasteiger partial charge in [-0.2, -0.15) is 11.8 Å². The topological polar surface area (TPSA) is 9.23 Å². The van der Waals surface area contributed by atoms with E-state index in [1.54, 1.807) is 7.11 Å². The Morgan fingerprint density at radius 1 is 1.30 bits per heavy atom. The van der Waals surface area contributed by atoms with Crippen molar-refractivity contribution in [1.82, 2.24) is 0 Å². The second-order valence-corrected chi connectivity index (χ2v) is 3.60. The Morgan fingerprint density at radius 3 is 2.70 bits per heavy atom. The van der Waals surface area contributed by atoms with E-state index in [0.717, 1.165) is 24.7 Å². The van der Waals surface area contributed by atoms with E-state index >= 15 is 0 Å². The zero-order valence-corrected chi connectivity index (χ0v) is 8.01. The summed E-state index contributed by atoms with van der Waals surface area (Å²) in [6.45, 7) is 0.867.